The minimum Gasteiger partial charge on any atom is -0.505 e. The van der Waals surface area contributed by atoms with Gasteiger partial charge >= 0.3 is 0 Å². The molecule has 4 nitrogen and oxygen atoms in total. The number of aryl methyl sites for hydroxylation is 1. The van der Waals surface area contributed by atoms with E-state index in [0.29, 0.717) is 17.5 Å². The molecule has 0 radical (unpaired) electrons. The van der Waals surface area contributed by atoms with Crippen molar-refractivity contribution in [1.29, 1.82) is 0 Å². The summed E-state index contributed by atoms with van der Waals surface area (Å²) in [6.07, 6.45) is 1.88. The number of pyridine rings is 1. The molecule has 0 amide bonds. The Morgan fingerprint density at radius 3 is 2.69 bits per heavy atom. The summed E-state index contributed by atoms with van der Waals surface area (Å²) in [5.74, 6) is -0.156. The molecule has 5 heteroatoms. The van der Waals surface area contributed by atoms with Crippen molar-refractivity contribution in [2.45, 2.75) is 13.5 Å². The molecule has 0 aliphatic heterocycles. The first-order valence-corrected chi connectivity index (χ1v) is 3.44. The van der Waals surface area contributed by atoms with Gasteiger partial charge in [-0.05, 0) is 6.92 Å². The summed E-state index contributed by atoms with van der Waals surface area (Å²) >= 11 is 0. The first kappa shape index (κ1) is 12.1. The molecule has 1 aromatic heterocycles. The second-order valence-corrected chi connectivity index (χ2v) is 2.41. The SMILES string of the molecule is Cc1ncc(CO)c(C=O)c1O.[Fe]. The number of carbonyl (C=O) groups is 1. The van der Waals surface area contributed by atoms with Crippen molar-refractivity contribution in [2.24, 2.45) is 0 Å². The maximum absolute atomic E-state index is 10.5. The van der Waals surface area contributed by atoms with Crippen LogP contribution in [0.5, 0.6) is 5.75 Å². The molecule has 0 unspecified atom stereocenters. The molecule has 13 heavy (non-hydrogen) atoms. The van der Waals surface area contributed by atoms with Gasteiger partial charge in [-0.15, -0.1) is 0 Å². The van der Waals surface area contributed by atoms with Crippen molar-refractivity contribution in [1.82, 2.24) is 4.98 Å². The first-order chi connectivity index (χ1) is 5.70. The van der Waals surface area contributed by atoms with E-state index >= 15 is 0 Å². The molecule has 0 atom stereocenters. The monoisotopic (exact) mass is 223 g/mol. The topological polar surface area (TPSA) is 70.4 Å². The van der Waals surface area contributed by atoms with Gasteiger partial charge in [0.25, 0.3) is 0 Å². The number of aliphatic hydroxyl groups is 1. The number of rotatable bonds is 2. The number of aliphatic hydroxyl groups excluding tert-OH is 1. The van der Waals surface area contributed by atoms with E-state index in [2.05, 4.69) is 4.98 Å². The fourth-order valence-corrected chi connectivity index (χ4v) is 0.910. The quantitative estimate of drug-likeness (QED) is 0.562. The van der Waals surface area contributed by atoms with Crippen LogP contribution in [0.1, 0.15) is 21.6 Å². The fourth-order valence-electron chi connectivity index (χ4n) is 0.910. The molecule has 0 saturated carbocycles. The summed E-state index contributed by atoms with van der Waals surface area (Å²) in [5.41, 5.74) is 0.840. The zero-order valence-corrected chi connectivity index (χ0v) is 8.07. The van der Waals surface area contributed by atoms with Gasteiger partial charge in [-0.3, -0.25) is 9.78 Å². The van der Waals surface area contributed by atoms with Gasteiger partial charge in [-0.25, -0.2) is 0 Å². The normalized spacial score (nSPS) is 9.08. The van der Waals surface area contributed by atoms with E-state index in [-0.39, 0.29) is 35.0 Å². The Labute approximate surface area is 86.1 Å². The summed E-state index contributed by atoms with van der Waals surface area (Å²) in [6, 6.07) is 0. The van der Waals surface area contributed by atoms with Crippen molar-refractivity contribution in [3.63, 3.8) is 0 Å². The number of aromatic hydroxyl groups is 1. The van der Waals surface area contributed by atoms with Crippen LogP contribution in [-0.2, 0) is 23.7 Å². The van der Waals surface area contributed by atoms with Gasteiger partial charge in [0.05, 0.1) is 17.9 Å². The van der Waals surface area contributed by atoms with Crippen LogP contribution in [0.2, 0.25) is 0 Å². The number of hydrogen-bond donors (Lipinski definition) is 2. The molecule has 0 fully saturated rings. The standard InChI is InChI=1S/C8H9NO3.Fe/c1-5-8(12)7(4-11)6(3-10)2-9-5;/h2,4,10,12H,3H2,1H3;. The zero-order valence-electron chi connectivity index (χ0n) is 6.97. The van der Waals surface area contributed by atoms with Crippen molar-refractivity contribution < 1.29 is 32.1 Å². The molecule has 1 heterocycles. The van der Waals surface area contributed by atoms with Crippen LogP contribution in [0.15, 0.2) is 6.20 Å². The van der Waals surface area contributed by atoms with E-state index in [1.165, 1.54) is 6.20 Å². The summed E-state index contributed by atoms with van der Waals surface area (Å²) in [4.78, 5) is 14.2. The van der Waals surface area contributed by atoms with Crippen LogP contribution in [0, 0.1) is 6.92 Å². The van der Waals surface area contributed by atoms with Crippen LogP contribution in [0.4, 0.5) is 0 Å². The van der Waals surface area contributed by atoms with Crippen LogP contribution in [-0.4, -0.2) is 21.5 Å². The predicted molar refractivity (Wildman–Crippen MR) is 41.9 cm³/mol. The van der Waals surface area contributed by atoms with E-state index in [1.807, 2.05) is 0 Å². The van der Waals surface area contributed by atoms with E-state index in [1.54, 1.807) is 6.92 Å². The molecule has 0 aromatic carbocycles. The molecule has 2 N–H and O–H groups in total. The van der Waals surface area contributed by atoms with Crippen LogP contribution >= 0.6 is 0 Å². The predicted octanol–water partition coefficient (Wildman–Crippen LogP) is 0.398. The van der Waals surface area contributed by atoms with Gasteiger partial charge < -0.3 is 10.2 Å². The molecule has 1 aromatic rings. The number of aromatic nitrogens is 1. The Morgan fingerprint density at radius 2 is 2.23 bits per heavy atom. The number of hydrogen-bond acceptors (Lipinski definition) is 4. The molecular weight excluding hydrogens is 214 g/mol. The van der Waals surface area contributed by atoms with Gasteiger partial charge in [0.15, 0.2) is 6.29 Å². The summed E-state index contributed by atoms with van der Waals surface area (Å²) in [6.45, 7) is 1.29. The Bertz CT molecular complexity index is 315. The third kappa shape index (κ3) is 2.27. The smallest absolute Gasteiger partial charge is 0.154 e. The Balaban J connectivity index is 0.00000144. The summed E-state index contributed by atoms with van der Waals surface area (Å²) in [5, 5.41) is 18.1. The van der Waals surface area contributed by atoms with Gasteiger partial charge in [0.1, 0.15) is 5.75 Å². The molecule has 0 bridgehead atoms. The van der Waals surface area contributed by atoms with Crippen molar-refractivity contribution in [3.05, 3.63) is 23.0 Å². The van der Waals surface area contributed by atoms with E-state index in [4.69, 9.17) is 5.11 Å². The maximum atomic E-state index is 10.5. The summed E-state index contributed by atoms with van der Waals surface area (Å²) < 4.78 is 0. The number of aldehydes is 1. The maximum Gasteiger partial charge on any atom is 0.154 e. The van der Waals surface area contributed by atoms with Gasteiger partial charge in [0.2, 0.25) is 0 Å². The average molecular weight is 223 g/mol. The van der Waals surface area contributed by atoms with Gasteiger partial charge in [0, 0.05) is 28.8 Å². The number of carbonyl (C=O) groups excluding carboxylic acids is 1. The molecule has 0 aliphatic carbocycles. The minimum atomic E-state index is -0.297. The molecular formula is C8H9FeNO3. The minimum absolute atomic E-state index is 0. The Morgan fingerprint density at radius 1 is 1.62 bits per heavy atom. The van der Waals surface area contributed by atoms with Gasteiger partial charge in [-0.2, -0.15) is 0 Å². The summed E-state index contributed by atoms with van der Waals surface area (Å²) in [7, 11) is 0. The average Bonchev–Trinajstić information content (AvgIpc) is 2.09. The molecule has 1 rings (SSSR count). The van der Waals surface area contributed by atoms with E-state index in [9.17, 15) is 9.90 Å². The van der Waals surface area contributed by atoms with Crippen molar-refractivity contribution in [2.75, 3.05) is 0 Å². The first-order valence-electron chi connectivity index (χ1n) is 3.44. The van der Waals surface area contributed by atoms with E-state index in [0.717, 1.165) is 0 Å². The third-order valence-corrected chi connectivity index (χ3v) is 1.65. The second-order valence-electron chi connectivity index (χ2n) is 2.41. The third-order valence-electron chi connectivity index (χ3n) is 1.65. The molecule has 72 valence electrons. The Kier molecular flexibility index (Phi) is 4.62. The van der Waals surface area contributed by atoms with Crippen molar-refractivity contribution >= 4 is 6.29 Å². The van der Waals surface area contributed by atoms with Crippen LogP contribution in [0.25, 0.3) is 0 Å². The largest absolute Gasteiger partial charge is 0.505 e. The fraction of sp³-hybridized carbons (Fsp3) is 0.250. The van der Waals surface area contributed by atoms with E-state index < -0.39 is 0 Å². The van der Waals surface area contributed by atoms with Crippen LogP contribution in [0.3, 0.4) is 0 Å². The van der Waals surface area contributed by atoms with Crippen molar-refractivity contribution in [3.8, 4) is 5.75 Å². The van der Waals surface area contributed by atoms with Gasteiger partial charge in [-0.1, -0.05) is 0 Å². The molecule has 0 spiro atoms. The second kappa shape index (κ2) is 4.97. The number of nitrogens with zero attached hydrogens (tertiary/aromatic N) is 1. The molecule has 0 saturated heterocycles. The van der Waals surface area contributed by atoms with Crippen LogP contribution < -0.4 is 0 Å². The molecule has 0 aliphatic rings. The Hall–Kier alpha value is -0.901. The zero-order chi connectivity index (χ0) is 9.14.